The largest absolute Gasteiger partial charge is 0.488 e. The highest BCUT2D eigenvalue weighted by atomic mass is 79.9. The molecule has 3 nitrogen and oxygen atoms in total. The van der Waals surface area contributed by atoms with E-state index in [0.717, 1.165) is 45.1 Å². The SMILES string of the molecule is CCCc1cc(=O)oc2c(C)c(OCc3ccc(Br)cc3)ccc12. The summed E-state index contributed by atoms with van der Waals surface area (Å²) in [6.07, 6.45) is 1.85. The fourth-order valence-corrected chi connectivity index (χ4v) is 3.05. The highest BCUT2D eigenvalue weighted by Crippen LogP contribution is 2.29. The van der Waals surface area contributed by atoms with Crippen LogP contribution in [0.3, 0.4) is 0 Å². The van der Waals surface area contributed by atoms with Crippen molar-refractivity contribution in [2.45, 2.75) is 33.3 Å². The molecule has 0 aliphatic rings. The van der Waals surface area contributed by atoms with Crippen molar-refractivity contribution in [2.75, 3.05) is 0 Å². The van der Waals surface area contributed by atoms with Gasteiger partial charge in [-0.05, 0) is 48.7 Å². The highest BCUT2D eigenvalue weighted by Gasteiger charge is 2.11. The third-order valence-corrected chi connectivity index (χ3v) is 4.55. The molecule has 1 aromatic heterocycles. The fraction of sp³-hybridized carbons (Fsp3) is 0.250. The number of hydrogen-bond acceptors (Lipinski definition) is 3. The van der Waals surface area contributed by atoms with Gasteiger partial charge in [0.2, 0.25) is 0 Å². The fourth-order valence-electron chi connectivity index (χ4n) is 2.78. The Labute approximate surface area is 149 Å². The summed E-state index contributed by atoms with van der Waals surface area (Å²) in [7, 11) is 0. The van der Waals surface area contributed by atoms with E-state index in [1.54, 1.807) is 6.07 Å². The number of aryl methyl sites for hydroxylation is 2. The van der Waals surface area contributed by atoms with Crippen LogP contribution in [0.5, 0.6) is 5.75 Å². The summed E-state index contributed by atoms with van der Waals surface area (Å²) < 4.78 is 12.4. The molecule has 0 atom stereocenters. The highest BCUT2D eigenvalue weighted by molar-refractivity contribution is 9.10. The van der Waals surface area contributed by atoms with Gasteiger partial charge in [0.25, 0.3) is 0 Å². The second-order valence-electron chi connectivity index (χ2n) is 5.82. The molecule has 0 aliphatic heterocycles. The average molecular weight is 387 g/mol. The summed E-state index contributed by atoms with van der Waals surface area (Å²) >= 11 is 3.42. The predicted molar refractivity (Wildman–Crippen MR) is 99.7 cm³/mol. The van der Waals surface area contributed by atoms with Crippen LogP contribution in [0.1, 0.15) is 30.0 Å². The van der Waals surface area contributed by atoms with Crippen LogP contribution in [0, 0.1) is 6.92 Å². The molecule has 0 saturated heterocycles. The smallest absolute Gasteiger partial charge is 0.336 e. The van der Waals surface area contributed by atoms with Gasteiger partial charge in [0.15, 0.2) is 0 Å². The summed E-state index contributed by atoms with van der Waals surface area (Å²) in [6.45, 7) is 4.50. The molecule has 0 N–H and O–H groups in total. The van der Waals surface area contributed by atoms with Crippen molar-refractivity contribution in [3.05, 3.63) is 74.0 Å². The minimum atomic E-state index is -0.306. The van der Waals surface area contributed by atoms with Gasteiger partial charge in [-0.2, -0.15) is 0 Å². The van der Waals surface area contributed by atoms with Gasteiger partial charge >= 0.3 is 5.63 Å². The number of rotatable bonds is 5. The molecule has 2 aromatic carbocycles. The standard InChI is InChI=1S/C20H19BrO3/c1-3-4-15-11-19(22)24-20-13(2)18(10-9-17(15)20)23-12-14-5-7-16(21)8-6-14/h5-11H,3-4,12H2,1-2H3. The van der Waals surface area contributed by atoms with Crippen molar-refractivity contribution in [2.24, 2.45) is 0 Å². The van der Waals surface area contributed by atoms with Gasteiger partial charge in [0.1, 0.15) is 17.9 Å². The third-order valence-electron chi connectivity index (χ3n) is 4.02. The van der Waals surface area contributed by atoms with E-state index in [0.29, 0.717) is 12.2 Å². The first-order chi connectivity index (χ1) is 11.6. The maximum absolute atomic E-state index is 11.8. The minimum absolute atomic E-state index is 0.306. The van der Waals surface area contributed by atoms with E-state index >= 15 is 0 Å². The van der Waals surface area contributed by atoms with Crippen LogP contribution < -0.4 is 10.4 Å². The van der Waals surface area contributed by atoms with Crippen LogP contribution in [0.15, 0.2) is 56.1 Å². The van der Waals surface area contributed by atoms with Gasteiger partial charge < -0.3 is 9.15 Å². The van der Waals surface area contributed by atoms with Crippen molar-refractivity contribution < 1.29 is 9.15 Å². The zero-order chi connectivity index (χ0) is 17.1. The molecular weight excluding hydrogens is 368 g/mol. The van der Waals surface area contributed by atoms with E-state index in [4.69, 9.17) is 9.15 Å². The Kier molecular flexibility index (Phi) is 5.05. The van der Waals surface area contributed by atoms with E-state index in [-0.39, 0.29) is 5.63 Å². The average Bonchev–Trinajstić information content (AvgIpc) is 2.56. The first-order valence-electron chi connectivity index (χ1n) is 8.02. The first kappa shape index (κ1) is 16.8. The second-order valence-corrected chi connectivity index (χ2v) is 6.74. The summed E-state index contributed by atoms with van der Waals surface area (Å²) in [6, 6.07) is 13.5. The molecule has 0 amide bonds. The van der Waals surface area contributed by atoms with Crippen LogP contribution in [-0.4, -0.2) is 0 Å². The molecule has 3 rings (SSSR count). The second kappa shape index (κ2) is 7.22. The van der Waals surface area contributed by atoms with E-state index in [9.17, 15) is 4.79 Å². The van der Waals surface area contributed by atoms with Gasteiger partial charge in [-0.15, -0.1) is 0 Å². The van der Waals surface area contributed by atoms with Crippen molar-refractivity contribution in [3.63, 3.8) is 0 Å². The van der Waals surface area contributed by atoms with E-state index in [2.05, 4.69) is 22.9 Å². The molecular formula is C20H19BrO3. The van der Waals surface area contributed by atoms with Gasteiger partial charge in [0, 0.05) is 21.5 Å². The quantitative estimate of drug-likeness (QED) is 0.551. The lowest BCUT2D eigenvalue weighted by Gasteiger charge is -2.12. The van der Waals surface area contributed by atoms with Gasteiger partial charge in [-0.3, -0.25) is 0 Å². The summed E-state index contributed by atoms with van der Waals surface area (Å²) in [5.41, 5.74) is 3.29. The predicted octanol–water partition coefficient (Wildman–Crippen LogP) is 5.40. The Morgan fingerprint density at radius 3 is 2.58 bits per heavy atom. The molecule has 0 bridgehead atoms. The van der Waals surface area contributed by atoms with E-state index in [1.807, 2.05) is 43.3 Å². The van der Waals surface area contributed by atoms with Gasteiger partial charge in [0.05, 0.1) is 0 Å². The molecule has 0 fully saturated rings. The van der Waals surface area contributed by atoms with Crippen LogP contribution in [0.25, 0.3) is 11.0 Å². The Bertz CT molecular complexity index is 911. The molecule has 4 heteroatoms. The summed E-state index contributed by atoms with van der Waals surface area (Å²) in [5.74, 6) is 0.738. The van der Waals surface area contributed by atoms with E-state index < -0.39 is 0 Å². The number of hydrogen-bond donors (Lipinski definition) is 0. The maximum Gasteiger partial charge on any atom is 0.336 e. The molecule has 1 heterocycles. The normalized spacial score (nSPS) is 11.0. The molecule has 0 aliphatic carbocycles. The molecule has 24 heavy (non-hydrogen) atoms. The summed E-state index contributed by atoms with van der Waals surface area (Å²) in [4.78, 5) is 11.8. The first-order valence-corrected chi connectivity index (χ1v) is 8.81. The lowest BCUT2D eigenvalue weighted by molar-refractivity contribution is 0.304. The van der Waals surface area contributed by atoms with Crippen LogP contribution >= 0.6 is 15.9 Å². The number of halogens is 1. The number of ether oxygens (including phenoxy) is 1. The Morgan fingerprint density at radius 2 is 1.88 bits per heavy atom. The zero-order valence-electron chi connectivity index (χ0n) is 13.8. The van der Waals surface area contributed by atoms with Crippen molar-refractivity contribution >= 4 is 26.9 Å². The lowest BCUT2D eigenvalue weighted by atomic mass is 10.0. The van der Waals surface area contributed by atoms with Crippen LogP contribution in [0.2, 0.25) is 0 Å². The molecule has 0 radical (unpaired) electrons. The number of benzene rings is 2. The molecule has 0 unspecified atom stereocenters. The lowest BCUT2D eigenvalue weighted by Crippen LogP contribution is -2.03. The molecule has 0 spiro atoms. The van der Waals surface area contributed by atoms with Crippen molar-refractivity contribution in [1.82, 2.24) is 0 Å². The molecule has 124 valence electrons. The third kappa shape index (κ3) is 3.54. The minimum Gasteiger partial charge on any atom is -0.488 e. The molecule has 0 saturated carbocycles. The van der Waals surface area contributed by atoms with Gasteiger partial charge in [-0.25, -0.2) is 4.79 Å². The van der Waals surface area contributed by atoms with Crippen LogP contribution in [-0.2, 0) is 13.0 Å². The monoisotopic (exact) mass is 386 g/mol. The topological polar surface area (TPSA) is 39.4 Å². The van der Waals surface area contributed by atoms with E-state index in [1.165, 1.54) is 0 Å². The van der Waals surface area contributed by atoms with Crippen molar-refractivity contribution in [1.29, 1.82) is 0 Å². The van der Waals surface area contributed by atoms with Crippen LogP contribution in [0.4, 0.5) is 0 Å². The zero-order valence-corrected chi connectivity index (χ0v) is 15.4. The Hall–Kier alpha value is -2.07. The maximum atomic E-state index is 11.8. The Balaban J connectivity index is 1.93. The Morgan fingerprint density at radius 1 is 1.12 bits per heavy atom. The van der Waals surface area contributed by atoms with Crippen molar-refractivity contribution in [3.8, 4) is 5.75 Å². The summed E-state index contributed by atoms with van der Waals surface area (Å²) in [5, 5.41) is 0.991. The van der Waals surface area contributed by atoms with Gasteiger partial charge in [-0.1, -0.05) is 41.4 Å². The molecule has 3 aromatic rings. The number of fused-ring (bicyclic) bond motifs is 1.